The summed E-state index contributed by atoms with van der Waals surface area (Å²) in [5, 5.41) is 10.2. The Balaban J connectivity index is 2.54. The number of carbonyl (C=O) groups excluding carboxylic acids is 1. The van der Waals surface area contributed by atoms with Crippen LogP contribution in [0.15, 0.2) is 0 Å². The lowest BCUT2D eigenvalue weighted by Crippen LogP contribution is -2.47. The summed E-state index contributed by atoms with van der Waals surface area (Å²) in [4.78, 5) is 11.3. The Morgan fingerprint density at radius 2 is 2.20 bits per heavy atom. The lowest BCUT2D eigenvalue weighted by atomic mass is 9.82. The van der Waals surface area contributed by atoms with Crippen molar-refractivity contribution in [1.82, 2.24) is 0 Å². The van der Waals surface area contributed by atoms with Crippen molar-refractivity contribution in [3.63, 3.8) is 0 Å². The molecule has 0 bridgehead atoms. The maximum Gasteiger partial charge on any atom is 0.308 e. The van der Waals surface area contributed by atoms with Crippen LogP contribution in [0.4, 0.5) is 0 Å². The van der Waals surface area contributed by atoms with E-state index in [4.69, 9.17) is 9.47 Å². The van der Waals surface area contributed by atoms with E-state index in [1.54, 1.807) is 6.92 Å². The van der Waals surface area contributed by atoms with Crippen LogP contribution in [0.25, 0.3) is 0 Å². The molecule has 0 aromatic heterocycles. The van der Waals surface area contributed by atoms with Crippen LogP contribution in [0.3, 0.4) is 0 Å². The zero-order valence-corrected chi connectivity index (χ0v) is 9.71. The van der Waals surface area contributed by atoms with E-state index in [0.29, 0.717) is 26.1 Å². The topological polar surface area (TPSA) is 55.8 Å². The van der Waals surface area contributed by atoms with Gasteiger partial charge in [-0.25, -0.2) is 0 Å². The summed E-state index contributed by atoms with van der Waals surface area (Å²) in [6.45, 7) is 6.44. The highest BCUT2D eigenvalue weighted by atomic mass is 16.5. The Kier molecular flexibility index (Phi) is 3.73. The van der Waals surface area contributed by atoms with Crippen molar-refractivity contribution >= 4 is 5.97 Å². The molecule has 0 spiro atoms. The summed E-state index contributed by atoms with van der Waals surface area (Å²) < 4.78 is 10.3. The van der Waals surface area contributed by atoms with E-state index >= 15 is 0 Å². The molecule has 1 fully saturated rings. The molecule has 0 saturated carbocycles. The van der Waals surface area contributed by atoms with Crippen molar-refractivity contribution in [2.24, 2.45) is 0 Å². The molecule has 1 atom stereocenters. The summed E-state index contributed by atoms with van der Waals surface area (Å²) >= 11 is 0. The molecule has 1 aliphatic heterocycles. The molecule has 1 N–H and O–H groups in total. The number of esters is 1. The van der Waals surface area contributed by atoms with Crippen LogP contribution in [0.2, 0.25) is 0 Å². The normalized spacial score (nSPS) is 29.9. The number of aliphatic hydroxyl groups is 1. The molecule has 88 valence electrons. The summed E-state index contributed by atoms with van der Waals surface area (Å²) in [6.07, 6.45) is 1.03. The molecular weight excluding hydrogens is 196 g/mol. The average molecular weight is 216 g/mol. The van der Waals surface area contributed by atoms with Gasteiger partial charge in [0.2, 0.25) is 0 Å². The van der Waals surface area contributed by atoms with E-state index < -0.39 is 5.60 Å². The minimum absolute atomic E-state index is 0.0631. The molecule has 0 unspecified atom stereocenters. The molecule has 0 aliphatic carbocycles. The minimum atomic E-state index is -0.964. The molecule has 0 radical (unpaired) electrons. The molecular formula is C11H20O4. The van der Waals surface area contributed by atoms with Crippen molar-refractivity contribution in [3.05, 3.63) is 0 Å². The number of ether oxygens (including phenoxy) is 2. The summed E-state index contributed by atoms with van der Waals surface area (Å²) in [5.41, 5.74) is -1.33. The zero-order valence-electron chi connectivity index (χ0n) is 9.71. The van der Waals surface area contributed by atoms with Crippen molar-refractivity contribution < 1.29 is 19.4 Å². The van der Waals surface area contributed by atoms with Crippen LogP contribution in [0, 0.1) is 0 Å². The first-order valence-corrected chi connectivity index (χ1v) is 5.39. The van der Waals surface area contributed by atoms with Crippen LogP contribution in [-0.4, -0.2) is 35.5 Å². The monoisotopic (exact) mass is 216 g/mol. The standard InChI is InChI=1S/C11H20O4/c1-4-14-9(12)7-11(13)5-6-15-10(2,3)8-11/h13H,4-8H2,1-3H3/t11-/m0/s1. The fourth-order valence-electron chi connectivity index (χ4n) is 2.08. The fourth-order valence-corrected chi connectivity index (χ4v) is 2.08. The maximum atomic E-state index is 11.3. The first-order chi connectivity index (χ1) is 6.87. The van der Waals surface area contributed by atoms with Gasteiger partial charge in [0.15, 0.2) is 0 Å². The average Bonchev–Trinajstić information content (AvgIpc) is 1.99. The van der Waals surface area contributed by atoms with Gasteiger partial charge in [-0.2, -0.15) is 0 Å². The predicted molar refractivity (Wildman–Crippen MR) is 55.5 cm³/mol. The molecule has 4 nitrogen and oxygen atoms in total. The Morgan fingerprint density at radius 3 is 2.73 bits per heavy atom. The van der Waals surface area contributed by atoms with Gasteiger partial charge >= 0.3 is 5.97 Å². The fraction of sp³-hybridized carbons (Fsp3) is 0.909. The highest BCUT2D eigenvalue weighted by Gasteiger charge is 2.41. The third-order valence-electron chi connectivity index (χ3n) is 2.59. The van der Waals surface area contributed by atoms with Gasteiger partial charge < -0.3 is 14.6 Å². The molecule has 1 saturated heterocycles. The van der Waals surface area contributed by atoms with E-state index in [1.807, 2.05) is 13.8 Å². The third-order valence-corrected chi connectivity index (χ3v) is 2.59. The highest BCUT2D eigenvalue weighted by molar-refractivity contribution is 5.70. The molecule has 15 heavy (non-hydrogen) atoms. The van der Waals surface area contributed by atoms with Gasteiger partial charge in [0.25, 0.3) is 0 Å². The maximum absolute atomic E-state index is 11.3. The minimum Gasteiger partial charge on any atom is -0.466 e. The van der Waals surface area contributed by atoms with Crippen molar-refractivity contribution in [1.29, 1.82) is 0 Å². The number of hydrogen-bond donors (Lipinski definition) is 1. The Morgan fingerprint density at radius 1 is 1.53 bits per heavy atom. The first kappa shape index (κ1) is 12.5. The van der Waals surface area contributed by atoms with Gasteiger partial charge in [-0.1, -0.05) is 0 Å². The Hall–Kier alpha value is -0.610. The van der Waals surface area contributed by atoms with Crippen LogP contribution in [0.1, 0.15) is 40.0 Å². The smallest absolute Gasteiger partial charge is 0.308 e. The number of carbonyl (C=O) groups is 1. The quantitative estimate of drug-likeness (QED) is 0.722. The van der Waals surface area contributed by atoms with Crippen LogP contribution < -0.4 is 0 Å². The second-order valence-electron chi connectivity index (χ2n) is 4.74. The molecule has 0 amide bonds. The molecule has 0 aromatic carbocycles. The van der Waals surface area contributed by atoms with E-state index in [0.717, 1.165) is 0 Å². The number of rotatable bonds is 3. The van der Waals surface area contributed by atoms with Crippen LogP contribution >= 0.6 is 0 Å². The van der Waals surface area contributed by atoms with Crippen LogP contribution in [-0.2, 0) is 14.3 Å². The van der Waals surface area contributed by atoms with Crippen molar-refractivity contribution in [2.45, 2.75) is 51.2 Å². The van der Waals surface area contributed by atoms with Gasteiger partial charge in [0, 0.05) is 12.8 Å². The Labute approximate surface area is 90.6 Å². The van der Waals surface area contributed by atoms with E-state index in [1.165, 1.54) is 0 Å². The highest BCUT2D eigenvalue weighted by Crippen LogP contribution is 2.34. The van der Waals surface area contributed by atoms with Crippen LogP contribution in [0.5, 0.6) is 0 Å². The SMILES string of the molecule is CCOC(=O)C[C@@]1(O)CCOC(C)(C)C1. The molecule has 1 aliphatic rings. The second kappa shape index (κ2) is 4.49. The van der Waals surface area contributed by atoms with E-state index in [2.05, 4.69) is 0 Å². The predicted octanol–water partition coefficient (Wildman–Crippen LogP) is 1.26. The second-order valence-corrected chi connectivity index (χ2v) is 4.74. The lowest BCUT2D eigenvalue weighted by molar-refractivity contribution is -0.167. The summed E-state index contributed by atoms with van der Waals surface area (Å²) in [5.74, 6) is -0.335. The van der Waals surface area contributed by atoms with Gasteiger partial charge in [0.1, 0.15) is 0 Å². The van der Waals surface area contributed by atoms with Gasteiger partial charge in [0.05, 0.1) is 30.8 Å². The van der Waals surface area contributed by atoms with Gasteiger partial charge in [-0.05, 0) is 20.8 Å². The van der Waals surface area contributed by atoms with Crippen molar-refractivity contribution in [2.75, 3.05) is 13.2 Å². The Bertz CT molecular complexity index is 237. The summed E-state index contributed by atoms with van der Waals surface area (Å²) in [7, 11) is 0. The van der Waals surface area contributed by atoms with Crippen molar-refractivity contribution in [3.8, 4) is 0 Å². The van der Waals surface area contributed by atoms with E-state index in [-0.39, 0.29) is 18.0 Å². The largest absolute Gasteiger partial charge is 0.466 e. The first-order valence-electron chi connectivity index (χ1n) is 5.39. The lowest BCUT2D eigenvalue weighted by Gasteiger charge is -2.40. The van der Waals surface area contributed by atoms with Gasteiger partial charge in [-0.15, -0.1) is 0 Å². The third kappa shape index (κ3) is 3.80. The molecule has 1 heterocycles. The molecule has 0 aromatic rings. The van der Waals surface area contributed by atoms with E-state index in [9.17, 15) is 9.90 Å². The number of hydrogen-bond acceptors (Lipinski definition) is 4. The van der Waals surface area contributed by atoms with Gasteiger partial charge in [-0.3, -0.25) is 4.79 Å². The summed E-state index contributed by atoms with van der Waals surface area (Å²) in [6, 6.07) is 0. The molecule has 4 heteroatoms. The zero-order chi connectivity index (χ0) is 11.5. The molecule has 1 rings (SSSR count).